The summed E-state index contributed by atoms with van der Waals surface area (Å²) >= 11 is 0. The number of hydrogen-bond acceptors (Lipinski definition) is 3. The van der Waals surface area contributed by atoms with E-state index >= 15 is 0 Å². The maximum absolute atomic E-state index is 13.0. The number of carbonyl (C=O) groups is 1. The van der Waals surface area contributed by atoms with Crippen LogP contribution in [0.4, 0.5) is 9.18 Å². The quantitative estimate of drug-likeness (QED) is 0.584. The van der Waals surface area contributed by atoms with Crippen molar-refractivity contribution < 1.29 is 18.7 Å². The molecule has 16 heavy (non-hydrogen) atoms. The van der Waals surface area contributed by atoms with Crippen LogP contribution in [0.1, 0.15) is 32.3 Å². The van der Waals surface area contributed by atoms with Gasteiger partial charge in [-0.15, -0.1) is 0 Å². The molecule has 0 radical (unpaired) electrons. The molecule has 1 rings (SSSR count). The molecule has 3 nitrogen and oxygen atoms in total. The van der Waals surface area contributed by atoms with E-state index in [0.717, 1.165) is 5.56 Å². The van der Waals surface area contributed by atoms with E-state index in [2.05, 4.69) is 4.74 Å². The summed E-state index contributed by atoms with van der Waals surface area (Å²) in [7, 11) is 0. The van der Waals surface area contributed by atoms with Gasteiger partial charge in [0.2, 0.25) is 0 Å². The molecule has 0 aliphatic carbocycles. The average Bonchev–Trinajstić information content (AvgIpc) is 2.17. The van der Waals surface area contributed by atoms with Gasteiger partial charge in [0.15, 0.2) is 0 Å². The second kappa shape index (κ2) is 5.49. The van der Waals surface area contributed by atoms with Crippen molar-refractivity contribution in [2.75, 3.05) is 6.61 Å². The van der Waals surface area contributed by atoms with Crippen LogP contribution >= 0.6 is 0 Å². The SMILES string of the molecule is CCOC(=O)Oc1cc(F)ccc1C(C)C. The Morgan fingerprint density at radius 3 is 2.69 bits per heavy atom. The van der Waals surface area contributed by atoms with Gasteiger partial charge in [-0.2, -0.15) is 0 Å². The van der Waals surface area contributed by atoms with Gasteiger partial charge >= 0.3 is 6.16 Å². The Balaban J connectivity index is 2.92. The lowest BCUT2D eigenvalue weighted by Gasteiger charge is -2.12. The first-order chi connectivity index (χ1) is 7.54. The summed E-state index contributed by atoms with van der Waals surface area (Å²) in [6.45, 7) is 5.78. The van der Waals surface area contributed by atoms with E-state index in [-0.39, 0.29) is 18.3 Å². The lowest BCUT2D eigenvalue weighted by atomic mass is 10.0. The standard InChI is InChI=1S/C12H15FO3/c1-4-15-12(14)16-11-7-9(13)5-6-10(11)8(2)3/h5-8H,4H2,1-3H3. The molecule has 0 spiro atoms. The molecule has 0 aromatic heterocycles. The molecule has 0 saturated carbocycles. The van der Waals surface area contributed by atoms with E-state index in [1.807, 2.05) is 13.8 Å². The number of halogens is 1. The summed E-state index contributed by atoms with van der Waals surface area (Å²) in [6.07, 6.45) is -0.810. The van der Waals surface area contributed by atoms with Crippen LogP contribution in [-0.2, 0) is 4.74 Å². The third kappa shape index (κ3) is 3.22. The number of hydrogen-bond donors (Lipinski definition) is 0. The van der Waals surface area contributed by atoms with Gasteiger partial charge in [0.25, 0.3) is 0 Å². The first kappa shape index (κ1) is 12.5. The van der Waals surface area contributed by atoms with E-state index in [1.54, 1.807) is 13.0 Å². The maximum Gasteiger partial charge on any atom is 0.513 e. The molecule has 88 valence electrons. The molecule has 0 unspecified atom stereocenters. The van der Waals surface area contributed by atoms with E-state index in [1.165, 1.54) is 12.1 Å². The van der Waals surface area contributed by atoms with Crippen LogP contribution in [0.5, 0.6) is 5.75 Å². The van der Waals surface area contributed by atoms with Gasteiger partial charge < -0.3 is 9.47 Å². The Labute approximate surface area is 94.2 Å². The molecule has 4 heteroatoms. The molecular formula is C12H15FO3. The van der Waals surface area contributed by atoms with Crippen molar-refractivity contribution in [3.63, 3.8) is 0 Å². The van der Waals surface area contributed by atoms with Gasteiger partial charge in [-0.1, -0.05) is 19.9 Å². The lowest BCUT2D eigenvalue weighted by Crippen LogP contribution is -2.11. The van der Waals surface area contributed by atoms with Crippen LogP contribution in [0.2, 0.25) is 0 Å². The minimum Gasteiger partial charge on any atom is -0.434 e. The summed E-state index contributed by atoms with van der Waals surface area (Å²) in [5.74, 6) is -0.0813. The monoisotopic (exact) mass is 226 g/mol. The van der Waals surface area contributed by atoms with Gasteiger partial charge in [0.05, 0.1) is 6.61 Å². The zero-order chi connectivity index (χ0) is 12.1. The zero-order valence-corrected chi connectivity index (χ0v) is 9.62. The minimum atomic E-state index is -0.810. The summed E-state index contributed by atoms with van der Waals surface area (Å²) < 4.78 is 22.6. The maximum atomic E-state index is 13.0. The second-order valence-electron chi connectivity index (χ2n) is 3.62. The summed E-state index contributed by atoms with van der Waals surface area (Å²) in [5.41, 5.74) is 0.773. The van der Waals surface area contributed by atoms with Gasteiger partial charge in [0.1, 0.15) is 11.6 Å². The highest BCUT2D eigenvalue weighted by Gasteiger charge is 2.13. The highest BCUT2D eigenvalue weighted by atomic mass is 19.1. The predicted octanol–water partition coefficient (Wildman–Crippen LogP) is 3.48. The van der Waals surface area contributed by atoms with Crippen molar-refractivity contribution in [1.82, 2.24) is 0 Å². The molecule has 0 aliphatic rings. The van der Waals surface area contributed by atoms with Crippen molar-refractivity contribution in [2.45, 2.75) is 26.7 Å². The molecule has 0 amide bonds. The second-order valence-corrected chi connectivity index (χ2v) is 3.62. The highest BCUT2D eigenvalue weighted by molar-refractivity contribution is 5.64. The normalized spacial score (nSPS) is 10.3. The van der Waals surface area contributed by atoms with Gasteiger partial charge in [-0.3, -0.25) is 0 Å². The Bertz CT molecular complexity index is 375. The molecule has 1 aromatic rings. The third-order valence-corrected chi connectivity index (χ3v) is 2.05. The molecule has 0 atom stereocenters. The molecule has 0 heterocycles. The highest BCUT2D eigenvalue weighted by Crippen LogP contribution is 2.27. The average molecular weight is 226 g/mol. The smallest absolute Gasteiger partial charge is 0.434 e. The molecule has 1 aromatic carbocycles. The Hall–Kier alpha value is -1.58. The lowest BCUT2D eigenvalue weighted by molar-refractivity contribution is 0.104. The predicted molar refractivity (Wildman–Crippen MR) is 58.1 cm³/mol. The molecule has 0 N–H and O–H groups in total. The number of ether oxygens (including phenoxy) is 2. The molecular weight excluding hydrogens is 211 g/mol. The van der Waals surface area contributed by atoms with Crippen molar-refractivity contribution in [3.05, 3.63) is 29.6 Å². The first-order valence-corrected chi connectivity index (χ1v) is 5.18. The van der Waals surface area contributed by atoms with Crippen LogP contribution in [0, 0.1) is 5.82 Å². The van der Waals surface area contributed by atoms with Gasteiger partial charge in [-0.25, -0.2) is 9.18 Å². The van der Waals surface area contributed by atoms with Gasteiger partial charge in [0, 0.05) is 6.07 Å². The van der Waals surface area contributed by atoms with E-state index in [4.69, 9.17) is 4.74 Å². The Morgan fingerprint density at radius 1 is 1.44 bits per heavy atom. The van der Waals surface area contributed by atoms with Crippen molar-refractivity contribution in [2.24, 2.45) is 0 Å². The fourth-order valence-electron chi connectivity index (χ4n) is 1.31. The van der Waals surface area contributed by atoms with Crippen LogP contribution in [0.25, 0.3) is 0 Å². The number of rotatable bonds is 3. The molecule has 0 saturated heterocycles. The molecule has 0 aliphatic heterocycles. The van der Waals surface area contributed by atoms with Crippen LogP contribution < -0.4 is 4.74 Å². The van der Waals surface area contributed by atoms with Crippen LogP contribution in [0.15, 0.2) is 18.2 Å². The Morgan fingerprint density at radius 2 is 2.12 bits per heavy atom. The topological polar surface area (TPSA) is 35.5 Å². The number of benzene rings is 1. The van der Waals surface area contributed by atoms with Crippen LogP contribution in [0.3, 0.4) is 0 Å². The van der Waals surface area contributed by atoms with Crippen molar-refractivity contribution in [1.29, 1.82) is 0 Å². The van der Waals surface area contributed by atoms with E-state index in [9.17, 15) is 9.18 Å². The van der Waals surface area contributed by atoms with E-state index in [0.29, 0.717) is 0 Å². The van der Waals surface area contributed by atoms with Crippen molar-refractivity contribution >= 4 is 6.16 Å². The fourth-order valence-corrected chi connectivity index (χ4v) is 1.31. The largest absolute Gasteiger partial charge is 0.513 e. The summed E-state index contributed by atoms with van der Waals surface area (Å²) in [6, 6.07) is 4.13. The first-order valence-electron chi connectivity index (χ1n) is 5.18. The molecule has 0 fully saturated rings. The Kier molecular flexibility index (Phi) is 4.28. The fraction of sp³-hybridized carbons (Fsp3) is 0.417. The van der Waals surface area contributed by atoms with Crippen molar-refractivity contribution in [3.8, 4) is 5.75 Å². The van der Waals surface area contributed by atoms with Crippen LogP contribution in [-0.4, -0.2) is 12.8 Å². The van der Waals surface area contributed by atoms with Gasteiger partial charge in [-0.05, 0) is 24.5 Å². The molecule has 0 bridgehead atoms. The minimum absolute atomic E-state index is 0.144. The zero-order valence-electron chi connectivity index (χ0n) is 9.62. The van der Waals surface area contributed by atoms with E-state index < -0.39 is 12.0 Å². The third-order valence-electron chi connectivity index (χ3n) is 2.05. The summed E-state index contributed by atoms with van der Waals surface area (Å²) in [5, 5.41) is 0. The number of carbonyl (C=O) groups excluding carboxylic acids is 1. The summed E-state index contributed by atoms with van der Waals surface area (Å²) in [4.78, 5) is 11.1.